The molecule has 0 aromatic heterocycles. The number of anilines is 1. The third-order valence-corrected chi connectivity index (χ3v) is 4.13. The number of carbonyl (C=O) groups is 1. The van der Waals surface area contributed by atoms with Crippen molar-refractivity contribution in [3.63, 3.8) is 0 Å². The van der Waals surface area contributed by atoms with Gasteiger partial charge in [0.15, 0.2) is 0 Å². The maximum Gasteiger partial charge on any atom is 0.228 e. The van der Waals surface area contributed by atoms with Gasteiger partial charge in [0.2, 0.25) is 5.91 Å². The van der Waals surface area contributed by atoms with Crippen LogP contribution in [0, 0.1) is 0 Å². The molecule has 0 radical (unpaired) electrons. The van der Waals surface area contributed by atoms with E-state index in [-0.39, 0.29) is 12.0 Å². The summed E-state index contributed by atoms with van der Waals surface area (Å²) in [6.07, 6.45) is 2.53. The van der Waals surface area contributed by atoms with Gasteiger partial charge in [0.25, 0.3) is 0 Å². The fourth-order valence-electron chi connectivity index (χ4n) is 2.78. The number of benzene rings is 2. The molecule has 5 nitrogen and oxygen atoms in total. The lowest BCUT2D eigenvalue weighted by molar-refractivity contribution is -0.115. The highest BCUT2D eigenvalue weighted by Crippen LogP contribution is 2.25. The van der Waals surface area contributed by atoms with Crippen molar-refractivity contribution in [1.29, 1.82) is 0 Å². The first kappa shape index (κ1) is 17.3. The summed E-state index contributed by atoms with van der Waals surface area (Å²) in [5.74, 6) is 1.36. The second kappa shape index (κ2) is 8.53. The second-order valence-electron chi connectivity index (χ2n) is 6.02. The number of carbonyl (C=O) groups excluding carboxylic acids is 1. The first-order valence-corrected chi connectivity index (χ1v) is 8.51. The van der Waals surface area contributed by atoms with Crippen molar-refractivity contribution in [2.75, 3.05) is 25.6 Å². The summed E-state index contributed by atoms with van der Waals surface area (Å²) < 4.78 is 16.5. The Morgan fingerprint density at radius 3 is 2.72 bits per heavy atom. The average molecular weight is 341 g/mol. The fourth-order valence-corrected chi connectivity index (χ4v) is 2.78. The van der Waals surface area contributed by atoms with Crippen LogP contribution in [0.4, 0.5) is 5.69 Å². The molecule has 1 saturated heterocycles. The molecule has 0 saturated carbocycles. The second-order valence-corrected chi connectivity index (χ2v) is 6.02. The normalized spacial score (nSPS) is 16.4. The van der Waals surface area contributed by atoms with E-state index in [4.69, 9.17) is 14.2 Å². The van der Waals surface area contributed by atoms with Crippen LogP contribution >= 0.6 is 0 Å². The Labute approximate surface area is 147 Å². The molecule has 1 fully saturated rings. The molecule has 0 aliphatic carbocycles. The third kappa shape index (κ3) is 4.97. The number of methoxy groups -OCH3 is 1. The topological polar surface area (TPSA) is 56.8 Å². The van der Waals surface area contributed by atoms with Crippen LogP contribution < -0.4 is 14.8 Å². The Balaban J connectivity index is 1.58. The summed E-state index contributed by atoms with van der Waals surface area (Å²) in [6.45, 7) is 1.31. The summed E-state index contributed by atoms with van der Waals surface area (Å²) >= 11 is 0. The molecule has 2 aromatic rings. The van der Waals surface area contributed by atoms with Crippen molar-refractivity contribution in [2.45, 2.75) is 25.4 Å². The van der Waals surface area contributed by atoms with Crippen LogP contribution in [-0.2, 0) is 16.0 Å². The van der Waals surface area contributed by atoms with Crippen molar-refractivity contribution < 1.29 is 19.0 Å². The lowest BCUT2D eigenvalue weighted by Crippen LogP contribution is -2.18. The third-order valence-electron chi connectivity index (χ3n) is 4.13. The molecule has 132 valence electrons. The summed E-state index contributed by atoms with van der Waals surface area (Å²) in [4.78, 5) is 12.3. The van der Waals surface area contributed by atoms with Crippen LogP contribution in [0.25, 0.3) is 0 Å². The maximum atomic E-state index is 12.3. The zero-order valence-corrected chi connectivity index (χ0v) is 14.4. The molecule has 1 amide bonds. The number of nitrogens with one attached hydrogen (secondary N) is 1. The van der Waals surface area contributed by atoms with Crippen LogP contribution in [-0.4, -0.2) is 32.3 Å². The van der Waals surface area contributed by atoms with E-state index in [1.807, 2.05) is 48.5 Å². The zero-order chi connectivity index (χ0) is 17.5. The molecule has 5 heteroatoms. The van der Waals surface area contributed by atoms with Crippen molar-refractivity contribution in [3.8, 4) is 11.5 Å². The van der Waals surface area contributed by atoms with Crippen molar-refractivity contribution in [2.24, 2.45) is 0 Å². The van der Waals surface area contributed by atoms with Gasteiger partial charge in [-0.3, -0.25) is 4.79 Å². The Kier molecular flexibility index (Phi) is 5.90. The molecular weight excluding hydrogens is 318 g/mol. The number of amides is 1. The van der Waals surface area contributed by atoms with E-state index >= 15 is 0 Å². The van der Waals surface area contributed by atoms with Gasteiger partial charge in [-0.15, -0.1) is 0 Å². The summed E-state index contributed by atoms with van der Waals surface area (Å²) in [6, 6.07) is 14.9. The molecule has 0 spiro atoms. The smallest absolute Gasteiger partial charge is 0.228 e. The minimum Gasteiger partial charge on any atom is -0.497 e. The number of hydrogen-bond acceptors (Lipinski definition) is 4. The van der Waals surface area contributed by atoms with Gasteiger partial charge in [-0.2, -0.15) is 0 Å². The number of ether oxygens (including phenoxy) is 3. The van der Waals surface area contributed by atoms with E-state index in [0.717, 1.165) is 30.8 Å². The highest BCUT2D eigenvalue weighted by atomic mass is 16.5. The minimum atomic E-state index is -0.0849. The van der Waals surface area contributed by atoms with Gasteiger partial charge in [-0.05, 0) is 42.7 Å². The van der Waals surface area contributed by atoms with E-state index in [2.05, 4.69) is 5.32 Å². The fraction of sp³-hybridized carbons (Fsp3) is 0.350. The zero-order valence-electron chi connectivity index (χ0n) is 14.4. The molecule has 3 rings (SSSR count). The molecule has 25 heavy (non-hydrogen) atoms. The van der Waals surface area contributed by atoms with Crippen molar-refractivity contribution in [3.05, 3.63) is 54.1 Å². The van der Waals surface area contributed by atoms with Gasteiger partial charge in [-0.1, -0.05) is 24.3 Å². The summed E-state index contributed by atoms with van der Waals surface area (Å²) in [5, 5.41) is 2.93. The molecule has 1 N–H and O–H groups in total. The minimum absolute atomic E-state index is 0.0849. The average Bonchev–Trinajstić information content (AvgIpc) is 3.15. The van der Waals surface area contributed by atoms with Crippen LogP contribution in [0.3, 0.4) is 0 Å². The Morgan fingerprint density at radius 2 is 2.00 bits per heavy atom. The van der Waals surface area contributed by atoms with Crippen LogP contribution in [0.2, 0.25) is 0 Å². The monoisotopic (exact) mass is 341 g/mol. The van der Waals surface area contributed by atoms with Crippen LogP contribution in [0.5, 0.6) is 11.5 Å². The summed E-state index contributed by atoms with van der Waals surface area (Å²) in [5.41, 5.74) is 1.61. The number of para-hydroxylation sites is 2. The highest BCUT2D eigenvalue weighted by molar-refractivity contribution is 5.93. The van der Waals surface area contributed by atoms with Crippen LogP contribution in [0.15, 0.2) is 48.5 Å². The number of rotatable bonds is 7. The standard InChI is InChI=1S/C20H23NO4/c1-23-16-10-8-15(9-11-16)13-20(22)21-18-6-2-3-7-19(18)25-14-17-5-4-12-24-17/h2-3,6-11,17H,4-5,12-14H2,1H3,(H,21,22)/t17-/m0/s1. The molecule has 1 aliphatic heterocycles. The van der Waals surface area contributed by atoms with Gasteiger partial charge in [0.05, 0.1) is 25.3 Å². The largest absolute Gasteiger partial charge is 0.497 e. The van der Waals surface area contributed by atoms with Crippen molar-refractivity contribution >= 4 is 11.6 Å². The Bertz CT molecular complexity index is 693. The van der Waals surface area contributed by atoms with Crippen molar-refractivity contribution in [1.82, 2.24) is 0 Å². The predicted octanol–water partition coefficient (Wildman–Crippen LogP) is 3.43. The highest BCUT2D eigenvalue weighted by Gasteiger charge is 2.17. The first-order valence-electron chi connectivity index (χ1n) is 8.51. The quantitative estimate of drug-likeness (QED) is 0.838. The van der Waals surface area contributed by atoms with Gasteiger partial charge in [0, 0.05) is 6.61 Å². The van der Waals surface area contributed by atoms with E-state index < -0.39 is 0 Å². The molecule has 1 heterocycles. The van der Waals surface area contributed by atoms with Gasteiger partial charge in [0.1, 0.15) is 18.1 Å². The van der Waals surface area contributed by atoms with Gasteiger partial charge >= 0.3 is 0 Å². The maximum absolute atomic E-state index is 12.3. The van der Waals surface area contributed by atoms with E-state index in [1.54, 1.807) is 7.11 Å². The SMILES string of the molecule is COc1ccc(CC(=O)Nc2ccccc2OC[C@@H]2CCCO2)cc1. The van der Waals surface area contributed by atoms with E-state index in [0.29, 0.717) is 24.5 Å². The number of hydrogen-bond donors (Lipinski definition) is 1. The lowest BCUT2D eigenvalue weighted by Gasteiger charge is -2.15. The van der Waals surface area contributed by atoms with E-state index in [1.165, 1.54) is 0 Å². The Morgan fingerprint density at radius 1 is 1.20 bits per heavy atom. The van der Waals surface area contributed by atoms with Gasteiger partial charge in [-0.25, -0.2) is 0 Å². The molecule has 1 atom stereocenters. The molecule has 1 aliphatic rings. The Hall–Kier alpha value is -2.53. The van der Waals surface area contributed by atoms with E-state index in [9.17, 15) is 4.79 Å². The predicted molar refractivity (Wildman–Crippen MR) is 96.2 cm³/mol. The lowest BCUT2D eigenvalue weighted by atomic mass is 10.1. The molecular formula is C20H23NO4. The molecule has 0 bridgehead atoms. The van der Waals surface area contributed by atoms with Gasteiger partial charge < -0.3 is 19.5 Å². The van der Waals surface area contributed by atoms with Crippen LogP contribution in [0.1, 0.15) is 18.4 Å². The summed E-state index contributed by atoms with van der Waals surface area (Å²) in [7, 11) is 1.62. The molecule has 0 unspecified atom stereocenters. The first-order chi connectivity index (χ1) is 12.2. The molecule has 2 aromatic carbocycles.